The van der Waals surface area contributed by atoms with Crippen LogP contribution in [0.25, 0.3) is 0 Å². The summed E-state index contributed by atoms with van der Waals surface area (Å²) in [6, 6.07) is 10.9. The van der Waals surface area contributed by atoms with Crippen molar-refractivity contribution in [1.82, 2.24) is 10.2 Å². The lowest BCUT2D eigenvalue weighted by Gasteiger charge is -2.35. The summed E-state index contributed by atoms with van der Waals surface area (Å²) < 4.78 is 0. The van der Waals surface area contributed by atoms with Crippen LogP contribution in [0.1, 0.15) is 37.4 Å². The standard InChI is InChI=1S/C16H20N2OS/c19-15-16(8-9-16)17-14(12-4-2-1-3-5-12)18(15)13-6-10-20-11-7-13/h1-5,13-14,17H,6-11H2. The molecule has 4 rings (SSSR count). The second-order valence-electron chi connectivity index (χ2n) is 6.10. The van der Waals surface area contributed by atoms with Crippen LogP contribution in [-0.2, 0) is 4.79 Å². The van der Waals surface area contributed by atoms with E-state index in [1.165, 1.54) is 17.1 Å². The molecule has 1 amide bonds. The van der Waals surface area contributed by atoms with E-state index < -0.39 is 0 Å². The number of benzene rings is 1. The monoisotopic (exact) mass is 288 g/mol. The Morgan fingerprint density at radius 2 is 1.85 bits per heavy atom. The molecule has 1 spiro atoms. The van der Waals surface area contributed by atoms with Crippen LogP contribution >= 0.6 is 11.8 Å². The summed E-state index contributed by atoms with van der Waals surface area (Å²) >= 11 is 2.01. The van der Waals surface area contributed by atoms with E-state index in [0.717, 1.165) is 25.7 Å². The molecule has 3 fully saturated rings. The number of carbonyl (C=O) groups is 1. The molecular formula is C16H20N2OS. The fraction of sp³-hybridized carbons (Fsp3) is 0.562. The molecule has 2 saturated heterocycles. The van der Waals surface area contributed by atoms with Crippen molar-refractivity contribution in [3.05, 3.63) is 35.9 Å². The van der Waals surface area contributed by atoms with Crippen LogP contribution in [0.3, 0.4) is 0 Å². The summed E-state index contributed by atoms with van der Waals surface area (Å²) in [7, 11) is 0. The number of hydrogen-bond acceptors (Lipinski definition) is 3. The Morgan fingerprint density at radius 1 is 1.15 bits per heavy atom. The van der Waals surface area contributed by atoms with Crippen LogP contribution in [0.2, 0.25) is 0 Å². The highest BCUT2D eigenvalue weighted by atomic mass is 32.2. The van der Waals surface area contributed by atoms with E-state index >= 15 is 0 Å². The van der Waals surface area contributed by atoms with Gasteiger partial charge in [-0.1, -0.05) is 30.3 Å². The molecular weight excluding hydrogens is 268 g/mol. The minimum absolute atomic E-state index is 0.0827. The molecule has 3 nitrogen and oxygen atoms in total. The van der Waals surface area contributed by atoms with Gasteiger partial charge in [0.15, 0.2) is 0 Å². The molecule has 1 aromatic carbocycles. The Bertz CT molecular complexity index is 508. The van der Waals surface area contributed by atoms with E-state index in [0.29, 0.717) is 11.9 Å². The zero-order chi connectivity index (χ0) is 13.6. The zero-order valence-electron chi connectivity index (χ0n) is 11.5. The molecule has 106 valence electrons. The molecule has 1 aromatic rings. The molecule has 20 heavy (non-hydrogen) atoms. The second-order valence-corrected chi connectivity index (χ2v) is 7.32. The molecule has 0 radical (unpaired) electrons. The van der Waals surface area contributed by atoms with Gasteiger partial charge in [-0.3, -0.25) is 10.1 Å². The van der Waals surface area contributed by atoms with Crippen LogP contribution in [0.15, 0.2) is 30.3 Å². The third-order valence-electron chi connectivity index (χ3n) is 4.78. The fourth-order valence-electron chi connectivity index (χ4n) is 3.46. The highest BCUT2D eigenvalue weighted by Crippen LogP contribution is 2.47. The molecule has 3 aliphatic rings. The van der Waals surface area contributed by atoms with Gasteiger partial charge >= 0.3 is 0 Å². The maximum atomic E-state index is 12.8. The van der Waals surface area contributed by atoms with Crippen LogP contribution in [0.5, 0.6) is 0 Å². The average molecular weight is 288 g/mol. The molecule has 2 aliphatic heterocycles. The van der Waals surface area contributed by atoms with E-state index in [1.54, 1.807) is 0 Å². The quantitative estimate of drug-likeness (QED) is 0.907. The smallest absolute Gasteiger partial charge is 0.244 e. The van der Waals surface area contributed by atoms with Crippen LogP contribution < -0.4 is 5.32 Å². The first-order valence-electron chi connectivity index (χ1n) is 7.53. The van der Waals surface area contributed by atoms with Gasteiger partial charge in [-0.15, -0.1) is 0 Å². The van der Waals surface area contributed by atoms with E-state index in [-0.39, 0.29) is 11.7 Å². The van der Waals surface area contributed by atoms with Gasteiger partial charge < -0.3 is 4.90 Å². The van der Waals surface area contributed by atoms with Gasteiger partial charge in [-0.25, -0.2) is 0 Å². The summed E-state index contributed by atoms with van der Waals surface area (Å²) in [5.41, 5.74) is 1.01. The van der Waals surface area contributed by atoms with Gasteiger partial charge in [0.1, 0.15) is 11.7 Å². The topological polar surface area (TPSA) is 32.3 Å². The lowest BCUT2D eigenvalue weighted by molar-refractivity contribution is -0.133. The molecule has 0 bridgehead atoms. The summed E-state index contributed by atoms with van der Waals surface area (Å²) in [4.78, 5) is 15.0. The average Bonchev–Trinajstić information content (AvgIpc) is 3.23. The SMILES string of the molecule is O=C1N(C2CCSCC2)C(c2ccccc2)NC12CC2. The Morgan fingerprint density at radius 3 is 2.50 bits per heavy atom. The van der Waals surface area contributed by atoms with Crippen molar-refractivity contribution in [2.75, 3.05) is 11.5 Å². The molecule has 4 heteroatoms. The fourth-order valence-corrected chi connectivity index (χ4v) is 4.54. The first-order chi connectivity index (χ1) is 9.80. The maximum absolute atomic E-state index is 12.8. The number of amides is 1. The van der Waals surface area contributed by atoms with E-state index in [4.69, 9.17) is 0 Å². The molecule has 1 atom stereocenters. The van der Waals surface area contributed by atoms with E-state index in [2.05, 4.69) is 34.5 Å². The molecule has 1 aliphatic carbocycles. The van der Waals surface area contributed by atoms with Gasteiger partial charge in [0, 0.05) is 6.04 Å². The highest BCUT2D eigenvalue weighted by molar-refractivity contribution is 7.99. The van der Waals surface area contributed by atoms with Gasteiger partial charge in [0.2, 0.25) is 5.91 Å². The van der Waals surface area contributed by atoms with Crippen molar-refractivity contribution in [3.63, 3.8) is 0 Å². The first-order valence-corrected chi connectivity index (χ1v) is 8.69. The van der Waals surface area contributed by atoms with Crippen molar-refractivity contribution in [2.24, 2.45) is 0 Å². The first kappa shape index (κ1) is 12.7. The Labute approximate surface area is 124 Å². The predicted molar refractivity (Wildman–Crippen MR) is 81.5 cm³/mol. The van der Waals surface area contributed by atoms with Gasteiger partial charge in [0.25, 0.3) is 0 Å². The lowest BCUT2D eigenvalue weighted by atomic mass is 10.1. The van der Waals surface area contributed by atoms with Gasteiger partial charge in [-0.2, -0.15) is 11.8 Å². The van der Waals surface area contributed by atoms with Crippen molar-refractivity contribution in [2.45, 2.75) is 43.4 Å². The molecule has 2 heterocycles. The third-order valence-corrected chi connectivity index (χ3v) is 5.83. The second kappa shape index (κ2) is 4.78. The minimum Gasteiger partial charge on any atom is -0.318 e. The Balaban J connectivity index is 1.66. The Kier molecular flexibility index (Phi) is 3.04. The maximum Gasteiger partial charge on any atom is 0.244 e. The number of rotatable bonds is 2. The highest BCUT2D eigenvalue weighted by Gasteiger charge is 2.60. The largest absolute Gasteiger partial charge is 0.318 e. The number of nitrogens with zero attached hydrogens (tertiary/aromatic N) is 1. The van der Waals surface area contributed by atoms with Crippen LogP contribution in [0, 0.1) is 0 Å². The van der Waals surface area contributed by atoms with Crippen LogP contribution in [-0.4, -0.2) is 33.9 Å². The summed E-state index contributed by atoms with van der Waals surface area (Å²) in [5.74, 6) is 2.72. The summed E-state index contributed by atoms with van der Waals surface area (Å²) in [6.07, 6.45) is 4.37. The zero-order valence-corrected chi connectivity index (χ0v) is 12.4. The van der Waals surface area contributed by atoms with E-state index in [1.807, 2.05) is 17.8 Å². The lowest BCUT2D eigenvalue weighted by Crippen LogP contribution is -2.42. The van der Waals surface area contributed by atoms with Crippen molar-refractivity contribution in [1.29, 1.82) is 0 Å². The molecule has 1 unspecified atom stereocenters. The van der Waals surface area contributed by atoms with Gasteiger partial charge in [0.05, 0.1) is 0 Å². The van der Waals surface area contributed by atoms with Crippen LogP contribution in [0.4, 0.5) is 0 Å². The van der Waals surface area contributed by atoms with Crippen molar-refractivity contribution < 1.29 is 4.79 Å². The normalized spacial score (nSPS) is 29.1. The molecule has 1 saturated carbocycles. The summed E-state index contributed by atoms with van der Waals surface area (Å²) in [6.45, 7) is 0. The number of hydrogen-bond donors (Lipinski definition) is 1. The summed E-state index contributed by atoms with van der Waals surface area (Å²) in [5, 5.41) is 3.62. The molecule has 1 N–H and O–H groups in total. The molecule has 0 aromatic heterocycles. The predicted octanol–water partition coefficient (Wildman–Crippen LogP) is 2.55. The van der Waals surface area contributed by atoms with Crippen molar-refractivity contribution >= 4 is 17.7 Å². The van der Waals surface area contributed by atoms with Gasteiger partial charge in [-0.05, 0) is 42.8 Å². The minimum atomic E-state index is -0.217. The Hall–Kier alpha value is -1.00. The van der Waals surface area contributed by atoms with E-state index in [9.17, 15) is 4.79 Å². The number of thioether (sulfide) groups is 1. The number of carbonyl (C=O) groups excluding carboxylic acids is 1. The van der Waals surface area contributed by atoms with Crippen molar-refractivity contribution in [3.8, 4) is 0 Å². The number of nitrogens with one attached hydrogen (secondary N) is 1. The third kappa shape index (κ3) is 1.97.